The van der Waals surface area contributed by atoms with Gasteiger partial charge < -0.3 is 16.2 Å². The molecule has 0 spiro atoms. The quantitative estimate of drug-likeness (QED) is 0.304. The zero-order chi connectivity index (χ0) is 26.7. The van der Waals surface area contributed by atoms with Gasteiger partial charge in [-0.05, 0) is 30.7 Å². The Morgan fingerprint density at radius 3 is 2.47 bits per heavy atom. The fraction of sp³-hybridized carbons (Fsp3) is 0.190. The van der Waals surface area contributed by atoms with E-state index in [1.165, 1.54) is 6.26 Å². The average Bonchev–Trinajstić information content (AvgIpc) is 3.12. The molecule has 190 valence electrons. The van der Waals surface area contributed by atoms with Crippen molar-refractivity contribution in [3.63, 3.8) is 0 Å². The Morgan fingerprint density at radius 2 is 1.83 bits per heavy atom. The summed E-state index contributed by atoms with van der Waals surface area (Å²) >= 11 is 0. The summed E-state index contributed by atoms with van der Waals surface area (Å²) in [6, 6.07) is 12.8. The third-order valence-electron chi connectivity index (χ3n) is 4.52. The van der Waals surface area contributed by atoms with E-state index in [0.29, 0.717) is 17.1 Å². The van der Waals surface area contributed by atoms with Gasteiger partial charge in [-0.15, -0.1) is 0 Å². The predicted octanol–water partition coefficient (Wildman–Crippen LogP) is 3.23. The van der Waals surface area contributed by atoms with Crippen molar-refractivity contribution in [2.45, 2.75) is 18.9 Å². The Balaban J connectivity index is 0.000000454. The summed E-state index contributed by atoms with van der Waals surface area (Å²) in [5.41, 5.74) is 9.76. The first-order valence-electron chi connectivity index (χ1n) is 10.0. The van der Waals surface area contributed by atoms with Crippen molar-refractivity contribution in [2.24, 2.45) is 0 Å². The van der Waals surface area contributed by atoms with Gasteiger partial charge in [0.2, 0.25) is 11.9 Å². The lowest BCUT2D eigenvalue weighted by molar-refractivity contribution is -0.192. The second-order valence-corrected chi connectivity index (χ2v) is 9.75. The van der Waals surface area contributed by atoms with Gasteiger partial charge in [-0.25, -0.2) is 13.2 Å². The molecule has 4 rings (SSSR count). The molecule has 0 aliphatic heterocycles. The summed E-state index contributed by atoms with van der Waals surface area (Å²) in [5.74, 6) is -2.04. The van der Waals surface area contributed by atoms with Crippen LogP contribution in [0.5, 0.6) is 0 Å². The molecule has 15 heteroatoms. The SMILES string of the molecule is Cc1n[nH]c2cc(-c3nc(N)nc(Nc4cccc(CS(C)(=O)=O)c4)n3)ccc12.O=C(O)C(F)(F)F. The average molecular weight is 523 g/mol. The predicted molar refractivity (Wildman–Crippen MR) is 126 cm³/mol. The molecule has 2 heterocycles. The number of alkyl halides is 3. The number of nitrogens with two attached hydrogens (primary N) is 1. The van der Waals surface area contributed by atoms with E-state index in [4.69, 9.17) is 15.6 Å². The maximum atomic E-state index is 11.5. The van der Waals surface area contributed by atoms with Gasteiger partial charge in [0.05, 0.1) is 17.0 Å². The monoisotopic (exact) mass is 523 g/mol. The number of nitrogens with zero attached hydrogens (tertiary/aromatic N) is 4. The number of carboxylic acids is 1. The highest BCUT2D eigenvalue weighted by Crippen LogP contribution is 2.24. The fourth-order valence-electron chi connectivity index (χ4n) is 3.04. The number of benzene rings is 2. The molecule has 11 nitrogen and oxygen atoms in total. The van der Waals surface area contributed by atoms with Crippen molar-refractivity contribution in [3.8, 4) is 11.4 Å². The zero-order valence-corrected chi connectivity index (χ0v) is 19.6. The number of aliphatic carboxylic acids is 1. The molecule has 0 bridgehead atoms. The third-order valence-corrected chi connectivity index (χ3v) is 5.38. The first-order valence-corrected chi connectivity index (χ1v) is 12.1. The fourth-order valence-corrected chi connectivity index (χ4v) is 3.83. The molecule has 0 atom stereocenters. The zero-order valence-electron chi connectivity index (χ0n) is 18.8. The molecule has 2 aromatic heterocycles. The van der Waals surface area contributed by atoms with E-state index in [2.05, 4.69) is 30.5 Å². The van der Waals surface area contributed by atoms with Crippen LogP contribution in [0.25, 0.3) is 22.3 Å². The summed E-state index contributed by atoms with van der Waals surface area (Å²) < 4.78 is 54.8. The smallest absolute Gasteiger partial charge is 0.475 e. The van der Waals surface area contributed by atoms with E-state index in [0.717, 1.165) is 22.2 Å². The molecule has 0 saturated carbocycles. The summed E-state index contributed by atoms with van der Waals surface area (Å²) in [7, 11) is -3.13. The standard InChI is InChI=1S/C19H19N7O2S.C2HF3O2/c1-11-15-7-6-13(9-16(15)26-25-11)17-22-18(20)24-19(23-17)21-14-5-3-4-12(8-14)10-29(2,27)28;3-2(4,5)1(6)7/h3-9H,10H2,1-2H3,(H,25,26)(H3,20,21,22,23,24);(H,6,7). The molecule has 5 N–H and O–H groups in total. The number of aryl methyl sites for hydroxylation is 1. The molecule has 0 aliphatic carbocycles. The van der Waals surface area contributed by atoms with Crippen molar-refractivity contribution in [1.82, 2.24) is 25.1 Å². The number of aromatic amines is 1. The molecule has 0 unspecified atom stereocenters. The number of carbonyl (C=O) groups is 1. The van der Waals surface area contributed by atoms with Crippen LogP contribution in [0.2, 0.25) is 0 Å². The number of carboxylic acid groups (broad SMARTS) is 1. The number of sulfone groups is 1. The summed E-state index contributed by atoms with van der Waals surface area (Å²) in [5, 5.41) is 18.4. The van der Waals surface area contributed by atoms with Gasteiger partial charge in [0.1, 0.15) is 0 Å². The van der Waals surface area contributed by atoms with Crippen LogP contribution >= 0.6 is 0 Å². The molecule has 0 amide bonds. The number of hydrogen-bond donors (Lipinski definition) is 4. The normalized spacial score (nSPS) is 11.6. The van der Waals surface area contributed by atoms with Gasteiger partial charge in [0.25, 0.3) is 0 Å². The Morgan fingerprint density at radius 1 is 1.14 bits per heavy atom. The first-order chi connectivity index (χ1) is 16.7. The molecular formula is C21H20F3N7O4S. The number of fused-ring (bicyclic) bond motifs is 1. The van der Waals surface area contributed by atoms with E-state index in [1.54, 1.807) is 24.3 Å². The minimum atomic E-state index is -5.08. The number of H-pyrrole nitrogens is 1. The summed E-state index contributed by atoms with van der Waals surface area (Å²) in [6.07, 6.45) is -3.88. The first kappa shape index (κ1) is 26.3. The Labute approximate surface area is 202 Å². The van der Waals surface area contributed by atoms with Gasteiger partial charge in [-0.1, -0.05) is 24.3 Å². The summed E-state index contributed by atoms with van der Waals surface area (Å²) in [6.45, 7) is 1.93. The number of hydrogen-bond acceptors (Lipinski definition) is 9. The van der Waals surface area contributed by atoms with Gasteiger partial charge >= 0.3 is 12.1 Å². The molecule has 4 aromatic rings. The maximum absolute atomic E-state index is 11.5. The van der Waals surface area contributed by atoms with Gasteiger partial charge in [-0.2, -0.15) is 33.2 Å². The number of aromatic nitrogens is 5. The van der Waals surface area contributed by atoms with Crippen molar-refractivity contribution in [2.75, 3.05) is 17.3 Å². The van der Waals surface area contributed by atoms with Crippen molar-refractivity contribution >= 4 is 44.3 Å². The van der Waals surface area contributed by atoms with Crippen LogP contribution in [0.1, 0.15) is 11.3 Å². The van der Waals surface area contributed by atoms with Crippen molar-refractivity contribution in [1.29, 1.82) is 0 Å². The van der Waals surface area contributed by atoms with Crippen LogP contribution in [0.3, 0.4) is 0 Å². The maximum Gasteiger partial charge on any atom is 0.490 e. The van der Waals surface area contributed by atoms with E-state index < -0.39 is 22.0 Å². The van der Waals surface area contributed by atoms with E-state index >= 15 is 0 Å². The lowest BCUT2D eigenvalue weighted by atomic mass is 10.1. The number of nitrogen functional groups attached to an aromatic ring is 1. The van der Waals surface area contributed by atoms with Crippen LogP contribution in [0.15, 0.2) is 42.5 Å². The number of rotatable bonds is 5. The number of anilines is 3. The Kier molecular flexibility index (Phi) is 7.43. The van der Waals surface area contributed by atoms with Crippen LogP contribution in [-0.2, 0) is 20.4 Å². The van der Waals surface area contributed by atoms with Crippen LogP contribution in [-0.4, -0.2) is 57.1 Å². The number of halogens is 3. The molecule has 0 fully saturated rings. The Bertz CT molecular complexity index is 1520. The highest BCUT2D eigenvalue weighted by Gasteiger charge is 2.38. The summed E-state index contributed by atoms with van der Waals surface area (Å²) in [4.78, 5) is 21.7. The molecule has 2 aromatic carbocycles. The molecule has 0 saturated heterocycles. The largest absolute Gasteiger partial charge is 0.490 e. The second-order valence-electron chi connectivity index (χ2n) is 7.61. The highest BCUT2D eigenvalue weighted by atomic mass is 32.2. The molecule has 36 heavy (non-hydrogen) atoms. The molecular weight excluding hydrogens is 503 g/mol. The van der Waals surface area contributed by atoms with Gasteiger partial charge in [-0.3, -0.25) is 5.10 Å². The molecule has 0 aliphatic rings. The van der Waals surface area contributed by atoms with E-state index in [1.807, 2.05) is 25.1 Å². The van der Waals surface area contributed by atoms with E-state index in [-0.39, 0.29) is 17.6 Å². The van der Waals surface area contributed by atoms with Crippen LogP contribution < -0.4 is 11.1 Å². The van der Waals surface area contributed by atoms with Gasteiger partial charge in [0, 0.05) is 22.9 Å². The van der Waals surface area contributed by atoms with Crippen molar-refractivity contribution in [3.05, 3.63) is 53.7 Å². The second kappa shape index (κ2) is 10.2. The third kappa shape index (κ3) is 7.11. The topological polar surface area (TPSA) is 177 Å². The highest BCUT2D eigenvalue weighted by molar-refractivity contribution is 7.89. The van der Waals surface area contributed by atoms with E-state index in [9.17, 15) is 21.6 Å². The lowest BCUT2D eigenvalue weighted by Gasteiger charge is -2.09. The van der Waals surface area contributed by atoms with Gasteiger partial charge in [0.15, 0.2) is 15.7 Å². The van der Waals surface area contributed by atoms with Crippen LogP contribution in [0, 0.1) is 6.92 Å². The minimum absolute atomic E-state index is 0.0449. The minimum Gasteiger partial charge on any atom is -0.475 e. The number of nitrogens with one attached hydrogen (secondary N) is 2. The van der Waals surface area contributed by atoms with Crippen LogP contribution in [0.4, 0.5) is 30.8 Å². The van der Waals surface area contributed by atoms with Crippen molar-refractivity contribution < 1.29 is 31.5 Å². The Hall–Kier alpha value is -4.27. The molecule has 0 radical (unpaired) electrons. The lowest BCUT2D eigenvalue weighted by Crippen LogP contribution is -2.21.